The molecule has 2 N–H and O–H groups in total. The lowest BCUT2D eigenvalue weighted by atomic mass is 10.0. The van der Waals surface area contributed by atoms with Crippen LogP contribution in [0.3, 0.4) is 0 Å². The highest BCUT2D eigenvalue weighted by Crippen LogP contribution is 2.26. The Balaban J connectivity index is 1.34. The third-order valence-corrected chi connectivity index (χ3v) is 5.78. The number of carbonyl (C=O) groups excluding carboxylic acids is 2. The molecule has 1 fully saturated rings. The van der Waals surface area contributed by atoms with Gasteiger partial charge < -0.3 is 14.9 Å². The number of aromatic nitrogens is 3. The number of amides is 3. The number of urea groups is 1. The summed E-state index contributed by atoms with van der Waals surface area (Å²) in [7, 11) is 0. The van der Waals surface area contributed by atoms with E-state index < -0.39 is 12.1 Å². The van der Waals surface area contributed by atoms with Crippen molar-refractivity contribution in [2.24, 2.45) is 0 Å². The summed E-state index contributed by atoms with van der Waals surface area (Å²) in [5.41, 5.74) is 3.61. The molecule has 0 spiro atoms. The number of imidazole rings is 1. The number of aromatic amines is 1. The quantitative estimate of drug-likeness (QED) is 0.441. The molecule has 1 saturated heterocycles. The van der Waals surface area contributed by atoms with Crippen molar-refractivity contribution in [3.63, 3.8) is 0 Å². The zero-order valence-corrected chi connectivity index (χ0v) is 17.5. The molecule has 150 valence electrons. The molecule has 0 bridgehead atoms. The van der Waals surface area contributed by atoms with Crippen molar-refractivity contribution in [1.82, 2.24) is 19.9 Å². The van der Waals surface area contributed by atoms with Crippen LogP contribution in [0.5, 0.6) is 0 Å². The van der Waals surface area contributed by atoms with Crippen LogP contribution in [0.25, 0.3) is 10.9 Å². The van der Waals surface area contributed by atoms with Crippen molar-refractivity contribution < 1.29 is 9.59 Å². The van der Waals surface area contributed by atoms with Crippen LogP contribution in [0.2, 0.25) is 0 Å². The van der Waals surface area contributed by atoms with Crippen LogP contribution in [0.1, 0.15) is 11.1 Å². The van der Waals surface area contributed by atoms with Gasteiger partial charge in [0.2, 0.25) is 0 Å². The summed E-state index contributed by atoms with van der Waals surface area (Å²) in [6.07, 6.45) is 7.69. The Bertz CT molecular complexity index is 1230. The van der Waals surface area contributed by atoms with Crippen molar-refractivity contribution >= 4 is 44.5 Å². The summed E-state index contributed by atoms with van der Waals surface area (Å²) in [5.74, 6) is -0.244. The van der Waals surface area contributed by atoms with E-state index in [-0.39, 0.29) is 5.91 Å². The third kappa shape index (κ3) is 3.39. The van der Waals surface area contributed by atoms with E-state index in [1.807, 2.05) is 47.3 Å². The van der Waals surface area contributed by atoms with Gasteiger partial charge in [0, 0.05) is 46.9 Å². The summed E-state index contributed by atoms with van der Waals surface area (Å²) in [4.78, 5) is 34.0. The van der Waals surface area contributed by atoms with Gasteiger partial charge in [0.15, 0.2) is 0 Å². The average molecular weight is 464 g/mol. The fourth-order valence-electron chi connectivity index (χ4n) is 3.80. The second kappa shape index (κ2) is 7.46. The number of hydrogen-bond donors (Lipinski definition) is 2. The van der Waals surface area contributed by atoms with Gasteiger partial charge in [-0.2, -0.15) is 0 Å². The lowest BCUT2D eigenvalue weighted by Gasteiger charge is -2.14. The molecule has 1 aliphatic rings. The molecule has 5 rings (SSSR count). The monoisotopic (exact) mass is 463 g/mol. The Kier molecular flexibility index (Phi) is 4.63. The molecule has 2 aromatic carbocycles. The maximum absolute atomic E-state index is 13.0. The molecule has 1 atom stereocenters. The number of fused-ring (bicyclic) bond motifs is 1. The van der Waals surface area contributed by atoms with E-state index in [9.17, 15) is 9.59 Å². The zero-order valence-electron chi connectivity index (χ0n) is 15.9. The van der Waals surface area contributed by atoms with Gasteiger partial charge >= 0.3 is 6.03 Å². The van der Waals surface area contributed by atoms with Crippen LogP contribution < -0.4 is 10.2 Å². The second-order valence-electron chi connectivity index (χ2n) is 7.29. The highest BCUT2D eigenvalue weighted by molar-refractivity contribution is 9.10. The maximum atomic E-state index is 13.0. The van der Waals surface area contributed by atoms with E-state index in [0.717, 1.165) is 26.5 Å². The first kappa shape index (κ1) is 18.6. The molecule has 3 heterocycles. The normalized spacial score (nSPS) is 16.4. The fraction of sp³-hybridized carbons (Fsp3) is 0.136. The minimum absolute atomic E-state index is 0.244. The molecular formula is C22H18BrN5O2. The number of H-pyrrole nitrogens is 1. The summed E-state index contributed by atoms with van der Waals surface area (Å²) in [5, 5.41) is 3.86. The Morgan fingerprint density at radius 3 is 2.70 bits per heavy atom. The highest BCUT2D eigenvalue weighted by Gasteiger charge is 2.39. The van der Waals surface area contributed by atoms with E-state index in [0.29, 0.717) is 18.7 Å². The smallest absolute Gasteiger partial charge is 0.329 e. The lowest BCUT2D eigenvalue weighted by molar-refractivity contribution is -0.118. The number of imide groups is 1. The number of benzene rings is 2. The van der Waals surface area contributed by atoms with Crippen LogP contribution >= 0.6 is 15.9 Å². The van der Waals surface area contributed by atoms with Crippen LogP contribution in [0, 0.1) is 0 Å². The Morgan fingerprint density at radius 2 is 1.93 bits per heavy atom. The van der Waals surface area contributed by atoms with Crippen molar-refractivity contribution in [2.75, 3.05) is 4.90 Å². The number of anilines is 1. The topological polar surface area (TPSA) is 83.0 Å². The first-order valence-corrected chi connectivity index (χ1v) is 10.3. The van der Waals surface area contributed by atoms with Gasteiger partial charge in [-0.25, -0.2) is 14.7 Å². The lowest BCUT2D eigenvalue weighted by Crippen LogP contribution is -2.32. The van der Waals surface area contributed by atoms with Gasteiger partial charge in [-0.1, -0.05) is 28.1 Å². The number of halogens is 1. The van der Waals surface area contributed by atoms with E-state index in [2.05, 4.69) is 31.2 Å². The van der Waals surface area contributed by atoms with Crippen LogP contribution in [0.15, 0.2) is 71.9 Å². The summed E-state index contributed by atoms with van der Waals surface area (Å²) < 4.78 is 2.92. The van der Waals surface area contributed by atoms with Crippen LogP contribution in [0.4, 0.5) is 10.5 Å². The number of carbonyl (C=O) groups is 2. The first-order chi connectivity index (χ1) is 14.6. The molecule has 7 nitrogen and oxygen atoms in total. The molecule has 8 heteroatoms. The summed E-state index contributed by atoms with van der Waals surface area (Å²) in [6, 6.07) is 12.4. The number of nitrogens with zero attached hydrogens (tertiary/aromatic N) is 3. The Hall–Kier alpha value is -3.39. The van der Waals surface area contributed by atoms with Crippen molar-refractivity contribution in [2.45, 2.75) is 19.0 Å². The molecule has 4 aromatic rings. The molecule has 0 radical (unpaired) electrons. The summed E-state index contributed by atoms with van der Waals surface area (Å²) >= 11 is 3.49. The SMILES string of the molecule is O=C1NC(Cc2c[nH]c3ccc(Br)cc23)C(=O)N1c1ccc(Cn2ccnc2)cc1. The highest BCUT2D eigenvalue weighted by atomic mass is 79.9. The molecule has 0 saturated carbocycles. The zero-order chi connectivity index (χ0) is 20.7. The van der Waals surface area contributed by atoms with Crippen molar-refractivity contribution in [3.8, 4) is 0 Å². The number of hydrogen-bond acceptors (Lipinski definition) is 3. The predicted molar refractivity (Wildman–Crippen MR) is 117 cm³/mol. The fourth-order valence-corrected chi connectivity index (χ4v) is 4.16. The van der Waals surface area contributed by atoms with Gasteiger partial charge in [-0.05, 0) is 41.5 Å². The van der Waals surface area contributed by atoms with Crippen LogP contribution in [-0.4, -0.2) is 32.5 Å². The minimum Gasteiger partial charge on any atom is -0.361 e. The average Bonchev–Trinajstić information content (AvgIpc) is 3.44. The molecular weight excluding hydrogens is 446 g/mol. The minimum atomic E-state index is -0.596. The van der Waals surface area contributed by atoms with E-state index in [4.69, 9.17) is 0 Å². The van der Waals surface area contributed by atoms with Gasteiger partial charge in [0.05, 0.1) is 12.0 Å². The van der Waals surface area contributed by atoms with Gasteiger partial charge in [0.1, 0.15) is 6.04 Å². The van der Waals surface area contributed by atoms with Crippen molar-refractivity contribution in [3.05, 3.63) is 83.0 Å². The maximum Gasteiger partial charge on any atom is 0.329 e. The van der Waals surface area contributed by atoms with E-state index in [1.165, 1.54) is 4.90 Å². The van der Waals surface area contributed by atoms with Crippen LogP contribution in [-0.2, 0) is 17.8 Å². The molecule has 1 aliphatic heterocycles. The predicted octanol–water partition coefficient (Wildman–Crippen LogP) is 3.84. The van der Waals surface area contributed by atoms with Crippen molar-refractivity contribution in [1.29, 1.82) is 0 Å². The number of nitrogens with one attached hydrogen (secondary N) is 2. The first-order valence-electron chi connectivity index (χ1n) is 9.53. The van der Waals surface area contributed by atoms with Gasteiger partial charge in [0.25, 0.3) is 5.91 Å². The van der Waals surface area contributed by atoms with Gasteiger partial charge in [-0.15, -0.1) is 0 Å². The largest absolute Gasteiger partial charge is 0.361 e. The van der Waals surface area contributed by atoms with E-state index in [1.54, 1.807) is 24.7 Å². The second-order valence-corrected chi connectivity index (χ2v) is 8.20. The molecule has 3 amide bonds. The number of rotatable bonds is 5. The molecule has 1 unspecified atom stereocenters. The van der Waals surface area contributed by atoms with E-state index >= 15 is 0 Å². The molecule has 30 heavy (non-hydrogen) atoms. The van der Waals surface area contributed by atoms with Gasteiger partial charge in [-0.3, -0.25) is 4.79 Å². The summed E-state index contributed by atoms with van der Waals surface area (Å²) in [6.45, 7) is 0.680. The Morgan fingerprint density at radius 1 is 1.10 bits per heavy atom. The third-order valence-electron chi connectivity index (χ3n) is 5.29. The standard InChI is InChI=1S/C22H18BrN5O2/c23-16-3-6-19-18(10-16)15(11-25-19)9-20-21(29)28(22(30)26-20)17-4-1-14(2-5-17)12-27-8-7-24-13-27/h1-8,10-11,13,20,25H,9,12H2,(H,26,30). The molecule has 2 aromatic heterocycles. The molecule has 0 aliphatic carbocycles. The Labute approximate surface area is 180 Å².